The normalized spacial score (nSPS) is 18.8. The molecule has 0 saturated carbocycles. The fraction of sp³-hybridized carbons (Fsp3) is 0.333. The van der Waals surface area contributed by atoms with Gasteiger partial charge in [0.15, 0.2) is 0 Å². The second kappa shape index (κ2) is 9.52. The van der Waals surface area contributed by atoms with Crippen molar-refractivity contribution in [1.29, 1.82) is 0 Å². The Hall–Kier alpha value is -2.92. The molecule has 2 aromatic rings. The number of hydrogen-bond acceptors (Lipinski definition) is 5. The molecule has 3 rings (SSSR count). The number of carbonyl (C=O) groups excluding carboxylic acids is 1. The standard InChI is InChI=1S/C24H29N3O2/c1-3-29-23(28)15-10-16-27-24(2,25)21(17-19-11-6-4-7-12-19)18-22(26-27)20-13-8-5-9-14-20/h4-9,11-14,18H,3,10,15-17,25H2,1-2H3. The highest BCUT2D eigenvalue weighted by Crippen LogP contribution is 2.28. The van der Waals surface area contributed by atoms with Gasteiger partial charge >= 0.3 is 5.97 Å². The lowest BCUT2D eigenvalue weighted by molar-refractivity contribution is -0.143. The molecule has 2 aromatic carbocycles. The molecule has 29 heavy (non-hydrogen) atoms. The van der Waals surface area contributed by atoms with E-state index in [1.54, 1.807) is 0 Å². The van der Waals surface area contributed by atoms with E-state index >= 15 is 0 Å². The fourth-order valence-corrected chi connectivity index (χ4v) is 3.42. The summed E-state index contributed by atoms with van der Waals surface area (Å²) in [4.78, 5) is 11.7. The number of nitrogens with zero attached hydrogens (tertiary/aromatic N) is 2. The number of rotatable bonds is 8. The van der Waals surface area contributed by atoms with Gasteiger partial charge < -0.3 is 10.5 Å². The first kappa shape index (κ1) is 20.8. The van der Waals surface area contributed by atoms with Crippen molar-refractivity contribution < 1.29 is 9.53 Å². The number of nitrogens with two attached hydrogens (primary N) is 1. The summed E-state index contributed by atoms with van der Waals surface area (Å²) in [5, 5.41) is 6.75. The van der Waals surface area contributed by atoms with E-state index in [2.05, 4.69) is 18.2 Å². The Balaban J connectivity index is 1.85. The molecule has 152 valence electrons. The SMILES string of the molecule is CCOC(=O)CCCN1N=C(c2ccccc2)C=C(Cc2ccccc2)C1(C)N. The van der Waals surface area contributed by atoms with Gasteiger partial charge in [-0.1, -0.05) is 60.7 Å². The summed E-state index contributed by atoms with van der Waals surface area (Å²) in [6, 6.07) is 20.4. The largest absolute Gasteiger partial charge is 0.466 e. The highest BCUT2D eigenvalue weighted by atomic mass is 16.5. The van der Waals surface area contributed by atoms with Gasteiger partial charge in [-0.3, -0.25) is 9.80 Å². The van der Waals surface area contributed by atoms with Crippen molar-refractivity contribution in [2.24, 2.45) is 10.8 Å². The van der Waals surface area contributed by atoms with Gasteiger partial charge in [-0.2, -0.15) is 5.10 Å². The minimum absolute atomic E-state index is 0.185. The number of benzene rings is 2. The maximum absolute atomic E-state index is 11.7. The molecule has 5 nitrogen and oxygen atoms in total. The van der Waals surface area contributed by atoms with Crippen molar-refractivity contribution in [3.8, 4) is 0 Å². The van der Waals surface area contributed by atoms with Crippen LogP contribution in [0.2, 0.25) is 0 Å². The average Bonchev–Trinajstić information content (AvgIpc) is 2.72. The maximum Gasteiger partial charge on any atom is 0.305 e. The fourth-order valence-electron chi connectivity index (χ4n) is 3.42. The van der Waals surface area contributed by atoms with Crippen molar-refractivity contribution in [3.63, 3.8) is 0 Å². The van der Waals surface area contributed by atoms with Crippen LogP contribution in [0, 0.1) is 0 Å². The molecule has 0 aliphatic carbocycles. The lowest BCUT2D eigenvalue weighted by atomic mass is 9.90. The third-order valence-corrected chi connectivity index (χ3v) is 5.09. The van der Waals surface area contributed by atoms with Gasteiger partial charge in [-0.05, 0) is 43.9 Å². The van der Waals surface area contributed by atoms with Gasteiger partial charge in [-0.25, -0.2) is 0 Å². The Kier molecular flexibility index (Phi) is 6.83. The van der Waals surface area contributed by atoms with Crippen molar-refractivity contribution in [1.82, 2.24) is 5.01 Å². The second-order valence-electron chi connectivity index (χ2n) is 7.36. The van der Waals surface area contributed by atoms with Crippen LogP contribution >= 0.6 is 0 Å². The molecule has 2 N–H and O–H groups in total. The van der Waals surface area contributed by atoms with Crippen molar-refractivity contribution >= 4 is 11.7 Å². The highest BCUT2D eigenvalue weighted by Gasteiger charge is 2.34. The van der Waals surface area contributed by atoms with E-state index in [-0.39, 0.29) is 5.97 Å². The number of hydrazone groups is 1. The van der Waals surface area contributed by atoms with Gasteiger partial charge in [0.05, 0.1) is 12.3 Å². The van der Waals surface area contributed by atoms with Crippen LogP contribution in [0.1, 0.15) is 37.8 Å². The zero-order valence-electron chi connectivity index (χ0n) is 17.2. The Morgan fingerprint density at radius 1 is 1.10 bits per heavy atom. The predicted octanol–water partition coefficient (Wildman–Crippen LogP) is 3.89. The second-order valence-corrected chi connectivity index (χ2v) is 7.36. The minimum Gasteiger partial charge on any atom is -0.466 e. The first-order chi connectivity index (χ1) is 14.0. The number of ether oxygens (including phenoxy) is 1. The topological polar surface area (TPSA) is 67.9 Å². The van der Waals surface area contributed by atoms with Crippen LogP contribution in [-0.4, -0.2) is 35.5 Å². The van der Waals surface area contributed by atoms with Crippen molar-refractivity contribution in [2.45, 2.75) is 38.8 Å². The molecule has 0 amide bonds. The third kappa shape index (κ3) is 5.33. The molecular weight excluding hydrogens is 362 g/mol. The molecule has 1 heterocycles. The third-order valence-electron chi connectivity index (χ3n) is 5.09. The average molecular weight is 392 g/mol. The maximum atomic E-state index is 11.7. The van der Waals surface area contributed by atoms with E-state index in [0.29, 0.717) is 26.0 Å². The van der Waals surface area contributed by atoms with E-state index in [1.807, 2.05) is 67.4 Å². The molecule has 0 aromatic heterocycles. The smallest absolute Gasteiger partial charge is 0.305 e. The highest BCUT2D eigenvalue weighted by molar-refractivity contribution is 6.09. The molecule has 5 heteroatoms. The van der Waals surface area contributed by atoms with Crippen LogP contribution in [0.25, 0.3) is 0 Å². The van der Waals surface area contributed by atoms with Crippen LogP contribution in [-0.2, 0) is 16.0 Å². The van der Waals surface area contributed by atoms with E-state index in [0.717, 1.165) is 23.3 Å². The summed E-state index contributed by atoms with van der Waals surface area (Å²) < 4.78 is 5.04. The van der Waals surface area contributed by atoms with Crippen LogP contribution in [0.15, 0.2) is 77.4 Å². The minimum atomic E-state index is -0.733. The lowest BCUT2D eigenvalue weighted by Gasteiger charge is -2.41. The summed E-state index contributed by atoms with van der Waals surface area (Å²) in [6.45, 7) is 4.78. The molecule has 1 aliphatic rings. The molecule has 0 saturated heterocycles. The first-order valence-corrected chi connectivity index (χ1v) is 10.1. The number of hydrogen-bond donors (Lipinski definition) is 1. The summed E-state index contributed by atoms with van der Waals surface area (Å²) in [6.07, 6.45) is 3.84. The quantitative estimate of drug-likeness (QED) is 0.693. The number of carbonyl (C=O) groups is 1. The van der Waals surface area contributed by atoms with Crippen LogP contribution in [0.5, 0.6) is 0 Å². The van der Waals surface area contributed by atoms with Gasteiger partial charge in [-0.15, -0.1) is 0 Å². The van der Waals surface area contributed by atoms with E-state index < -0.39 is 5.66 Å². The molecule has 1 aliphatic heterocycles. The van der Waals surface area contributed by atoms with Gasteiger partial charge in [0, 0.05) is 18.5 Å². The van der Waals surface area contributed by atoms with Crippen LogP contribution < -0.4 is 5.73 Å². The van der Waals surface area contributed by atoms with Crippen molar-refractivity contribution in [3.05, 3.63) is 83.4 Å². The summed E-state index contributed by atoms with van der Waals surface area (Å²) in [5.41, 5.74) is 10.3. The predicted molar refractivity (Wildman–Crippen MR) is 116 cm³/mol. The van der Waals surface area contributed by atoms with E-state index in [1.165, 1.54) is 5.56 Å². The Labute approximate surface area is 172 Å². The Morgan fingerprint density at radius 2 is 1.76 bits per heavy atom. The number of allylic oxidation sites excluding steroid dienone is 1. The first-order valence-electron chi connectivity index (χ1n) is 10.1. The zero-order chi connectivity index (χ0) is 20.7. The van der Waals surface area contributed by atoms with Gasteiger partial charge in [0.1, 0.15) is 5.66 Å². The molecule has 0 bridgehead atoms. The van der Waals surface area contributed by atoms with Gasteiger partial charge in [0.25, 0.3) is 0 Å². The zero-order valence-corrected chi connectivity index (χ0v) is 17.2. The molecule has 0 spiro atoms. The van der Waals surface area contributed by atoms with Gasteiger partial charge in [0.2, 0.25) is 0 Å². The van der Waals surface area contributed by atoms with Crippen LogP contribution in [0.4, 0.5) is 0 Å². The molecular formula is C24H29N3O2. The molecule has 1 unspecified atom stereocenters. The number of esters is 1. The summed E-state index contributed by atoms with van der Waals surface area (Å²) in [7, 11) is 0. The monoisotopic (exact) mass is 391 g/mol. The van der Waals surface area contributed by atoms with E-state index in [4.69, 9.17) is 15.6 Å². The summed E-state index contributed by atoms with van der Waals surface area (Å²) >= 11 is 0. The Morgan fingerprint density at radius 3 is 2.41 bits per heavy atom. The van der Waals surface area contributed by atoms with E-state index in [9.17, 15) is 4.79 Å². The Bertz CT molecular complexity index is 874. The van der Waals surface area contributed by atoms with Crippen molar-refractivity contribution in [2.75, 3.05) is 13.2 Å². The molecule has 0 fully saturated rings. The summed E-state index contributed by atoms with van der Waals surface area (Å²) in [5.74, 6) is -0.185. The molecule has 0 radical (unpaired) electrons. The van der Waals surface area contributed by atoms with Crippen LogP contribution in [0.3, 0.4) is 0 Å². The molecule has 1 atom stereocenters. The lowest BCUT2D eigenvalue weighted by Crippen LogP contribution is -2.55.